The molecule has 3 nitrogen and oxygen atoms in total. The summed E-state index contributed by atoms with van der Waals surface area (Å²) in [4.78, 5) is 12.2. The monoisotopic (exact) mass is 226 g/mol. The van der Waals surface area contributed by atoms with E-state index in [2.05, 4.69) is 38.3 Å². The lowest BCUT2D eigenvalue weighted by molar-refractivity contribution is -0.128. The molecular weight excluding hydrogens is 200 g/mol. The van der Waals surface area contributed by atoms with Crippen molar-refractivity contribution in [2.45, 2.75) is 65.0 Å². The fraction of sp³-hybridized carbons (Fsp3) is 0.923. The number of rotatable bonds is 5. The van der Waals surface area contributed by atoms with Gasteiger partial charge in [-0.2, -0.15) is 0 Å². The summed E-state index contributed by atoms with van der Waals surface area (Å²) in [5.41, 5.74) is -0.286. The Morgan fingerprint density at radius 2 is 2.12 bits per heavy atom. The Balaban J connectivity index is 2.50. The summed E-state index contributed by atoms with van der Waals surface area (Å²) in [5, 5.41) is 6.51. The highest BCUT2D eigenvalue weighted by atomic mass is 16.2. The second-order valence-electron chi connectivity index (χ2n) is 5.47. The molecule has 0 aromatic carbocycles. The molecule has 94 valence electrons. The SMILES string of the molecule is CCC1(C(=O)NC(C)CC(C)C)CCCN1. The van der Waals surface area contributed by atoms with E-state index in [1.807, 2.05) is 0 Å². The first-order valence-corrected chi connectivity index (χ1v) is 6.56. The molecule has 3 heteroatoms. The third kappa shape index (κ3) is 3.21. The Kier molecular flexibility index (Phi) is 4.78. The Hall–Kier alpha value is -0.570. The molecule has 2 unspecified atom stereocenters. The second-order valence-corrected chi connectivity index (χ2v) is 5.47. The molecule has 1 saturated heterocycles. The van der Waals surface area contributed by atoms with E-state index in [0.717, 1.165) is 32.2 Å². The Bertz CT molecular complexity index is 232. The third-order valence-electron chi connectivity index (χ3n) is 3.48. The van der Waals surface area contributed by atoms with Crippen LogP contribution in [0, 0.1) is 5.92 Å². The zero-order valence-electron chi connectivity index (χ0n) is 11.1. The first-order valence-electron chi connectivity index (χ1n) is 6.56. The molecule has 1 rings (SSSR count). The van der Waals surface area contributed by atoms with E-state index in [9.17, 15) is 4.79 Å². The maximum Gasteiger partial charge on any atom is 0.240 e. The van der Waals surface area contributed by atoms with Crippen LogP contribution in [0.2, 0.25) is 0 Å². The van der Waals surface area contributed by atoms with Crippen molar-refractivity contribution < 1.29 is 4.79 Å². The van der Waals surface area contributed by atoms with Gasteiger partial charge >= 0.3 is 0 Å². The molecule has 2 N–H and O–H groups in total. The topological polar surface area (TPSA) is 41.1 Å². The van der Waals surface area contributed by atoms with Crippen LogP contribution in [-0.4, -0.2) is 24.0 Å². The number of amides is 1. The van der Waals surface area contributed by atoms with E-state index in [-0.39, 0.29) is 17.5 Å². The van der Waals surface area contributed by atoms with Crippen LogP contribution < -0.4 is 10.6 Å². The van der Waals surface area contributed by atoms with Gasteiger partial charge in [0.05, 0.1) is 5.54 Å². The van der Waals surface area contributed by atoms with Crippen LogP contribution in [0.4, 0.5) is 0 Å². The summed E-state index contributed by atoms with van der Waals surface area (Å²) in [6.07, 6.45) is 4.02. The third-order valence-corrected chi connectivity index (χ3v) is 3.48. The quantitative estimate of drug-likeness (QED) is 0.753. The lowest BCUT2D eigenvalue weighted by Crippen LogP contribution is -2.55. The molecule has 0 aliphatic carbocycles. The molecule has 1 fully saturated rings. The number of nitrogens with one attached hydrogen (secondary N) is 2. The summed E-state index contributed by atoms with van der Waals surface area (Å²) in [7, 11) is 0. The van der Waals surface area contributed by atoms with E-state index in [1.165, 1.54) is 0 Å². The van der Waals surface area contributed by atoms with Gasteiger partial charge in [-0.15, -0.1) is 0 Å². The van der Waals surface area contributed by atoms with E-state index in [1.54, 1.807) is 0 Å². The molecule has 1 heterocycles. The van der Waals surface area contributed by atoms with Crippen molar-refractivity contribution in [3.05, 3.63) is 0 Å². The van der Waals surface area contributed by atoms with Gasteiger partial charge < -0.3 is 10.6 Å². The van der Waals surface area contributed by atoms with Crippen LogP contribution in [0.3, 0.4) is 0 Å². The fourth-order valence-electron chi connectivity index (χ4n) is 2.59. The molecule has 0 radical (unpaired) electrons. The highest BCUT2D eigenvalue weighted by Gasteiger charge is 2.39. The van der Waals surface area contributed by atoms with Gasteiger partial charge in [0, 0.05) is 6.04 Å². The number of carbonyl (C=O) groups excluding carboxylic acids is 1. The molecule has 1 amide bonds. The fourth-order valence-corrected chi connectivity index (χ4v) is 2.59. The minimum absolute atomic E-state index is 0.195. The van der Waals surface area contributed by atoms with E-state index in [4.69, 9.17) is 0 Å². The van der Waals surface area contributed by atoms with E-state index < -0.39 is 0 Å². The van der Waals surface area contributed by atoms with Gasteiger partial charge in [0.25, 0.3) is 0 Å². The van der Waals surface area contributed by atoms with Crippen molar-refractivity contribution in [1.82, 2.24) is 10.6 Å². The zero-order chi connectivity index (χ0) is 12.2. The van der Waals surface area contributed by atoms with Gasteiger partial charge in [-0.25, -0.2) is 0 Å². The van der Waals surface area contributed by atoms with Gasteiger partial charge in [0.15, 0.2) is 0 Å². The molecule has 0 spiro atoms. The van der Waals surface area contributed by atoms with Crippen LogP contribution in [0.1, 0.15) is 53.4 Å². The van der Waals surface area contributed by atoms with Gasteiger partial charge in [0.2, 0.25) is 5.91 Å². The predicted octanol–water partition coefficient (Wildman–Crippen LogP) is 2.07. The predicted molar refractivity (Wildman–Crippen MR) is 67.3 cm³/mol. The molecule has 2 atom stereocenters. The van der Waals surface area contributed by atoms with Crippen molar-refractivity contribution in [2.24, 2.45) is 5.92 Å². The highest BCUT2D eigenvalue weighted by molar-refractivity contribution is 5.86. The largest absolute Gasteiger partial charge is 0.352 e. The molecule has 0 aromatic rings. The summed E-state index contributed by atoms with van der Waals surface area (Å²) in [5.74, 6) is 0.824. The molecule has 16 heavy (non-hydrogen) atoms. The molecule has 1 aliphatic heterocycles. The van der Waals surface area contributed by atoms with Crippen molar-refractivity contribution >= 4 is 5.91 Å². The summed E-state index contributed by atoms with van der Waals surface area (Å²) >= 11 is 0. The van der Waals surface area contributed by atoms with Crippen molar-refractivity contribution in [1.29, 1.82) is 0 Å². The first-order chi connectivity index (χ1) is 7.50. The van der Waals surface area contributed by atoms with Crippen LogP contribution >= 0.6 is 0 Å². The lowest BCUT2D eigenvalue weighted by Gasteiger charge is -2.29. The summed E-state index contributed by atoms with van der Waals surface area (Å²) in [6.45, 7) is 9.53. The number of carbonyl (C=O) groups is 1. The lowest BCUT2D eigenvalue weighted by atomic mass is 9.92. The minimum Gasteiger partial charge on any atom is -0.352 e. The molecule has 0 bridgehead atoms. The smallest absolute Gasteiger partial charge is 0.240 e. The van der Waals surface area contributed by atoms with Gasteiger partial charge in [-0.05, 0) is 45.1 Å². The van der Waals surface area contributed by atoms with Crippen molar-refractivity contribution in [3.8, 4) is 0 Å². The average Bonchev–Trinajstić information content (AvgIpc) is 2.65. The maximum atomic E-state index is 12.2. The highest BCUT2D eigenvalue weighted by Crippen LogP contribution is 2.23. The Morgan fingerprint density at radius 3 is 2.56 bits per heavy atom. The van der Waals surface area contributed by atoms with Crippen molar-refractivity contribution in [2.75, 3.05) is 6.54 Å². The number of hydrogen-bond acceptors (Lipinski definition) is 2. The summed E-state index contributed by atoms with van der Waals surface area (Å²) < 4.78 is 0. The molecule has 0 aromatic heterocycles. The van der Waals surface area contributed by atoms with Crippen LogP contribution in [0.5, 0.6) is 0 Å². The Morgan fingerprint density at radius 1 is 1.44 bits per heavy atom. The molecule has 1 aliphatic rings. The van der Waals surface area contributed by atoms with Gasteiger partial charge in [0.1, 0.15) is 0 Å². The van der Waals surface area contributed by atoms with Gasteiger partial charge in [-0.3, -0.25) is 4.79 Å². The normalized spacial score (nSPS) is 27.1. The molecule has 0 saturated carbocycles. The van der Waals surface area contributed by atoms with Crippen molar-refractivity contribution in [3.63, 3.8) is 0 Å². The molecular formula is C13H26N2O. The first kappa shape index (κ1) is 13.5. The van der Waals surface area contributed by atoms with Gasteiger partial charge in [-0.1, -0.05) is 20.8 Å². The maximum absolute atomic E-state index is 12.2. The van der Waals surface area contributed by atoms with E-state index in [0.29, 0.717) is 5.92 Å². The Labute approximate surface area is 99.4 Å². The zero-order valence-corrected chi connectivity index (χ0v) is 11.1. The van der Waals surface area contributed by atoms with Crippen LogP contribution in [0.25, 0.3) is 0 Å². The second kappa shape index (κ2) is 5.67. The minimum atomic E-state index is -0.286. The average molecular weight is 226 g/mol. The summed E-state index contributed by atoms with van der Waals surface area (Å²) in [6, 6.07) is 0.276. The standard InChI is InChI=1S/C13H26N2O/c1-5-13(7-6-8-14-13)12(16)15-11(4)9-10(2)3/h10-11,14H,5-9H2,1-4H3,(H,15,16). The number of hydrogen-bond donors (Lipinski definition) is 2. The van der Waals surface area contributed by atoms with E-state index >= 15 is 0 Å². The van der Waals surface area contributed by atoms with Crippen LogP contribution in [0.15, 0.2) is 0 Å². The van der Waals surface area contributed by atoms with Crippen LogP contribution in [-0.2, 0) is 4.79 Å².